The van der Waals surface area contributed by atoms with E-state index in [1.807, 2.05) is 24.3 Å². The fraction of sp³-hybridized carbons (Fsp3) is 0. The van der Waals surface area contributed by atoms with Gasteiger partial charge < -0.3 is 11.5 Å². The van der Waals surface area contributed by atoms with Crippen molar-refractivity contribution < 1.29 is 0 Å². The van der Waals surface area contributed by atoms with Crippen LogP contribution in [0.3, 0.4) is 0 Å². The Hall–Kier alpha value is -3.34. The quantitative estimate of drug-likeness (QED) is 0.212. The van der Waals surface area contributed by atoms with E-state index >= 15 is 0 Å². The highest BCUT2D eigenvalue weighted by atomic mass is 32.2. The first-order valence-electron chi connectivity index (χ1n) is 10.4. The van der Waals surface area contributed by atoms with Crippen LogP contribution in [0.15, 0.2) is 117 Å². The molecule has 32 heavy (non-hydrogen) atoms. The molecule has 0 amide bonds. The summed E-state index contributed by atoms with van der Waals surface area (Å²) in [6.45, 7) is 0. The SMILES string of the molecule is Nc1ccc(Sc2ccc3ccc4c(Sc5ccc(N)cc5)ccc5ccc2c3c54)cc1. The van der Waals surface area contributed by atoms with Crippen LogP contribution < -0.4 is 11.5 Å². The molecule has 2 nitrogen and oxygen atoms in total. The molecule has 0 saturated carbocycles. The second-order valence-corrected chi connectivity index (χ2v) is 10.1. The lowest BCUT2D eigenvalue weighted by atomic mass is 9.94. The Kier molecular flexibility index (Phi) is 4.63. The number of nitrogens with two attached hydrogens (primary N) is 2. The van der Waals surface area contributed by atoms with Crippen molar-refractivity contribution in [3.05, 3.63) is 97.1 Å². The zero-order valence-corrected chi connectivity index (χ0v) is 18.8. The van der Waals surface area contributed by atoms with Crippen molar-refractivity contribution in [2.24, 2.45) is 0 Å². The number of nitrogen functional groups attached to an aromatic ring is 2. The Balaban J connectivity index is 1.52. The van der Waals surface area contributed by atoms with Gasteiger partial charge in [0.05, 0.1) is 0 Å². The lowest BCUT2D eigenvalue weighted by Crippen LogP contribution is -1.88. The van der Waals surface area contributed by atoms with Gasteiger partial charge in [0.1, 0.15) is 0 Å². The first kappa shape index (κ1) is 19.4. The minimum absolute atomic E-state index is 0.788. The standard InChI is InChI=1S/C28H20N2S2/c29-19-5-9-21(10-6-19)31-25-16-4-18-2-14-24-26(32-22-11-7-20(30)8-12-22)15-3-17-1-13-23(25)28(18)27(17)24/h1-16H,29-30H2. The highest BCUT2D eigenvalue weighted by Gasteiger charge is 2.14. The Labute approximate surface area is 194 Å². The maximum absolute atomic E-state index is 5.87. The Morgan fingerprint density at radius 1 is 0.406 bits per heavy atom. The van der Waals surface area contributed by atoms with E-state index in [1.165, 1.54) is 51.9 Å². The van der Waals surface area contributed by atoms with Crippen LogP contribution >= 0.6 is 23.5 Å². The van der Waals surface area contributed by atoms with Gasteiger partial charge in [-0.1, -0.05) is 59.9 Å². The summed E-state index contributed by atoms with van der Waals surface area (Å²) < 4.78 is 0. The van der Waals surface area contributed by atoms with Crippen molar-refractivity contribution in [1.82, 2.24) is 0 Å². The maximum atomic E-state index is 5.87. The van der Waals surface area contributed by atoms with Crippen molar-refractivity contribution in [3.63, 3.8) is 0 Å². The van der Waals surface area contributed by atoms with E-state index in [4.69, 9.17) is 11.5 Å². The van der Waals surface area contributed by atoms with E-state index in [1.54, 1.807) is 23.5 Å². The molecule has 6 aromatic rings. The maximum Gasteiger partial charge on any atom is 0.0314 e. The molecule has 0 aromatic heterocycles. The molecule has 0 heterocycles. The van der Waals surface area contributed by atoms with Crippen molar-refractivity contribution in [1.29, 1.82) is 0 Å². The molecule has 0 fully saturated rings. The fourth-order valence-corrected chi connectivity index (χ4v) is 6.14. The van der Waals surface area contributed by atoms with Gasteiger partial charge in [0, 0.05) is 31.0 Å². The summed E-state index contributed by atoms with van der Waals surface area (Å²) in [6.07, 6.45) is 0. The third kappa shape index (κ3) is 3.32. The lowest BCUT2D eigenvalue weighted by Gasteiger charge is -2.16. The highest BCUT2D eigenvalue weighted by molar-refractivity contribution is 7.99. The third-order valence-electron chi connectivity index (χ3n) is 5.80. The molecular formula is C28H20N2S2. The van der Waals surface area contributed by atoms with Crippen LogP contribution in [0.4, 0.5) is 11.4 Å². The summed E-state index contributed by atoms with van der Waals surface area (Å²) in [5.74, 6) is 0. The zero-order chi connectivity index (χ0) is 21.7. The lowest BCUT2D eigenvalue weighted by molar-refractivity contribution is 1.44. The van der Waals surface area contributed by atoms with Crippen molar-refractivity contribution >= 4 is 67.2 Å². The predicted octanol–water partition coefficient (Wildman–Crippen LogP) is 8.05. The smallest absolute Gasteiger partial charge is 0.0314 e. The third-order valence-corrected chi connectivity index (χ3v) is 7.97. The largest absolute Gasteiger partial charge is 0.399 e. The minimum Gasteiger partial charge on any atom is -0.399 e. The molecule has 6 aromatic carbocycles. The molecule has 4 N–H and O–H groups in total. The second-order valence-electron chi connectivity index (χ2n) is 7.89. The van der Waals surface area contributed by atoms with Crippen LogP contribution in [-0.2, 0) is 0 Å². The molecule has 0 spiro atoms. The van der Waals surface area contributed by atoms with E-state index in [0.717, 1.165) is 11.4 Å². The molecule has 6 rings (SSSR count). The molecule has 0 aliphatic carbocycles. The molecule has 0 aliphatic rings. The van der Waals surface area contributed by atoms with Crippen LogP contribution in [0.5, 0.6) is 0 Å². The Bertz CT molecular complexity index is 1450. The molecule has 0 radical (unpaired) electrons. The van der Waals surface area contributed by atoms with Gasteiger partial charge in [-0.3, -0.25) is 0 Å². The Morgan fingerprint density at radius 3 is 1.19 bits per heavy atom. The average Bonchev–Trinajstić information content (AvgIpc) is 2.82. The van der Waals surface area contributed by atoms with Crippen molar-refractivity contribution in [3.8, 4) is 0 Å². The summed E-state index contributed by atoms with van der Waals surface area (Å²) in [6, 6.07) is 34.1. The van der Waals surface area contributed by atoms with Crippen LogP contribution in [0.2, 0.25) is 0 Å². The van der Waals surface area contributed by atoms with E-state index in [9.17, 15) is 0 Å². The number of anilines is 2. The summed E-state index contributed by atoms with van der Waals surface area (Å²) in [4.78, 5) is 4.89. The van der Waals surface area contributed by atoms with Crippen LogP contribution in [0, 0.1) is 0 Å². The second kappa shape index (κ2) is 7.66. The molecule has 0 saturated heterocycles. The topological polar surface area (TPSA) is 52.0 Å². The van der Waals surface area contributed by atoms with Crippen LogP contribution in [0.25, 0.3) is 32.3 Å². The van der Waals surface area contributed by atoms with Gasteiger partial charge in [-0.2, -0.15) is 0 Å². The van der Waals surface area contributed by atoms with E-state index in [2.05, 4.69) is 72.8 Å². The monoisotopic (exact) mass is 448 g/mol. The van der Waals surface area contributed by atoms with Gasteiger partial charge in [0.2, 0.25) is 0 Å². The molecule has 4 heteroatoms. The number of hydrogen-bond acceptors (Lipinski definition) is 4. The highest BCUT2D eigenvalue weighted by Crippen LogP contribution is 2.44. The van der Waals surface area contributed by atoms with Crippen LogP contribution in [0.1, 0.15) is 0 Å². The molecule has 0 unspecified atom stereocenters. The van der Waals surface area contributed by atoms with Crippen molar-refractivity contribution in [2.45, 2.75) is 19.6 Å². The van der Waals surface area contributed by atoms with E-state index in [0.29, 0.717) is 0 Å². The van der Waals surface area contributed by atoms with Gasteiger partial charge in [0.15, 0.2) is 0 Å². The molecule has 0 bridgehead atoms. The first-order valence-corrected chi connectivity index (χ1v) is 12.1. The minimum atomic E-state index is 0.788. The average molecular weight is 449 g/mol. The normalized spacial score (nSPS) is 11.6. The summed E-state index contributed by atoms with van der Waals surface area (Å²) in [5, 5.41) is 7.79. The summed E-state index contributed by atoms with van der Waals surface area (Å²) in [5.41, 5.74) is 13.3. The van der Waals surface area contributed by atoms with Gasteiger partial charge in [-0.25, -0.2) is 0 Å². The van der Waals surface area contributed by atoms with Crippen molar-refractivity contribution in [2.75, 3.05) is 11.5 Å². The fourth-order valence-electron chi connectivity index (χ4n) is 4.25. The predicted molar refractivity (Wildman–Crippen MR) is 140 cm³/mol. The van der Waals surface area contributed by atoms with E-state index < -0.39 is 0 Å². The summed E-state index contributed by atoms with van der Waals surface area (Å²) >= 11 is 3.57. The molecule has 0 atom stereocenters. The molecule has 154 valence electrons. The molecule has 0 aliphatic heterocycles. The Morgan fingerprint density at radius 2 is 0.781 bits per heavy atom. The van der Waals surface area contributed by atoms with Gasteiger partial charge in [0.25, 0.3) is 0 Å². The van der Waals surface area contributed by atoms with Gasteiger partial charge in [-0.15, -0.1) is 0 Å². The van der Waals surface area contributed by atoms with Gasteiger partial charge in [-0.05, 0) is 93.0 Å². The van der Waals surface area contributed by atoms with Gasteiger partial charge >= 0.3 is 0 Å². The zero-order valence-electron chi connectivity index (χ0n) is 17.2. The number of rotatable bonds is 4. The summed E-state index contributed by atoms with van der Waals surface area (Å²) in [7, 11) is 0. The molecular weight excluding hydrogens is 428 g/mol. The van der Waals surface area contributed by atoms with Crippen LogP contribution in [-0.4, -0.2) is 0 Å². The number of hydrogen-bond donors (Lipinski definition) is 2. The first-order chi connectivity index (χ1) is 15.7. The number of benzene rings is 6. The van der Waals surface area contributed by atoms with E-state index in [-0.39, 0.29) is 0 Å².